The van der Waals surface area contributed by atoms with Crippen molar-refractivity contribution < 1.29 is 27.4 Å². The highest BCUT2D eigenvalue weighted by Gasteiger charge is 2.22. The minimum atomic E-state index is -3.90. The van der Waals surface area contributed by atoms with Gasteiger partial charge in [-0.15, -0.1) is 0 Å². The Bertz CT molecular complexity index is 1180. The molecule has 0 aliphatic heterocycles. The molecule has 2 aromatic carbocycles. The number of hydrogen-bond acceptors (Lipinski definition) is 7. The molecule has 9 nitrogen and oxygen atoms in total. The predicted molar refractivity (Wildman–Crippen MR) is 123 cm³/mol. The number of amides is 1. The Labute approximate surface area is 192 Å². The Hall–Kier alpha value is -3.63. The number of pyridine rings is 1. The average Bonchev–Trinajstić information content (AvgIpc) is 2.83. The second-order valence-corrected chi connectivity index (χ2v) is 8.74. The third-order valence-corrected chi connectivity index (χ3v) is 6.20. The van der Waals surface area contributed by atoms with Crippen LogP contribution in [0, 0.1) is 0 Å². The van der Waals surface area contributed by atoms with Crippen LogP contribution in [0.25, 0.3) is 0 Å². The van der Waals surface area contributed by atoms with Crippen molar-refractivity contribution in [2.24, 2.45) is 0 Å². The summed E-state index contributed by atoms with van der Waals surface area (Å²) in [4.78, 5) is 16.7. The van der Waals surface area contributed by atoms with Crippen LogP contribution in [0.4, 0.5) is 5.69 Å². The van der Waals surface area contributed by atoms with Crippen molar-refractivity contribution in [3.05, 3.63) is 72.6 Å². The Kier molecular flexibility index (Phi) is 7.86. The zero-order valence-corrected chi connectivity index (χ0v) is 19.3. The van der Waals surface area contributed by atoms with E-state index >= 15 is 0 Å². The maximum atomic E-state index is 12.6. The number of benzene rings is 2. The topological polar surface area (TPSA) is 116 Å². The summed E-state index contributed by atoms with van der Waals surface area (Å²) in [5.74, 6) is 0.909. The summed E-state index contributed by atoms with van der Waals surface area (Å²) in [6.07, 6.45) is 3.36. The average molecular weight is 472 g/mol. The monoisotopic (exact) mass is 471 g/mol. The first-order chi connectivity index (χ1) is 15.8. The quantitative estimate of drug-likeness (QED) is 0.467. The standard InChI is InChI=1S/C23H25N3O6S/c1-16(26-33(28,29)20-9-7-19(30-2)8-10-20)23(27)25-18-6-11-21(31-3)22(13-18)32-15-17-5-4-12-24-14-17/h4-14,16,26H,15H2,1-3H3,(H,25,27)/t16-/m0/s1. The lowest BCUT2D eigenvalue weighted by Crippen LogP contribution is -2.41. The van der Waals surface area contributed by atoms with Crippen LogP contribution in [-0.4, -0.2) is 39.6 Å². The number of rotatable bonds is 10. The van der Waals surface area contributed by atoms with Crippen LogP contribution >= 0.6 is 0 Å². The van der Waals surface area contributed by atoms with Gasteiger partial charge in [0.25, 0.3) is 0 Å². The maximum Gasteiger partial charge on any atom is 0.242 e. The van der Waals surface area contributed by atoms with E-state index in [1.165, 1.54) is 45.4 Å². The largest absolute Gasteiger partial charge is 0.497 e. The highest BCUT2D eigenvalue weighted by molar-refractivity contribution is 7.89. The number of nitrogens with one attached hydrogen (secondary N) is 2. The van der Waals surface area contributed by atoms with E-state index in [-0.39, 0.29) is 11.5 Å². The number of methoxy groups -OCH3 is 2. The lowest BCUT2D eigenvalue weighted by atomic mass is 10.2. The van der Waals surface area contributed by atoms with E-state index < -0.39 is 22.0 Å². The van der Waals surface area contributed by atoms with Gasteiger partial charge in [0.2, 0.25) is 15.9 Å². The van der Waals surface area contributed by atoms with Gasteiger partial charge in [-0.25, -0.2) is 8.42 Å². The minimum Gasteiger partial charge on any atom is -0.497 e. The van der Waals surface area contributed by atoms with Gasteiger partial charge >= 0.3 is 0 Å². The molecule has 10 heteroatoms. The maximum absolute atomic E-state index is 12.6. The number of sulfonamides is 1. The smallest absolute Gasteiger partial charge is 0.242 e. The highest BCUT2D eigenvalue weighted by atomic mass is 32.2. The van der Waals surface area contributed by atoms with E-state index in [9.17, 15) is 13.2 Å². The summed E-state index contributed by atoms with van der Waals surface area (Å²) in [6, 6.07) is 13.4. The van der Waals surface area contributed by atoms with Gasteiger partial charge < -0.3 is 19.5 Å². The first-order valence-electron chi connectivity index (χ1n) is 9.99. The lowest BCUT2D eigenvalue weighted by Gasteiger charge is -2.16. The Morgan fingerprint density at radius 2 is 1.79 bits per heavy atom. The van der Waals surface area contributed by atoms with Gasteiger partial charge in [-0.1, -0.05) is 6.07 Å². The van der Waals surface area contributed by atoms with Gasteiger partial charge in [-0.05, 0) is 49.4 Å². The second-order valence-electron chi connectivity index (χ2n) is 7.02. The molecule has 0 aliphatic rings. The fourth-order valence-corrected chi connectivity index (χ4v) is 4.07. The third kappa shape index (κ3) is 6.43. The Balaban J connectivity index is 1.66. The van der Waals surface area contributed by atoms with E-state index in [0.717, 1.165) is 5.56 Å². The van der Waals surface area contributed by atoms with Crippen LogP contribution in [-0.2, 0) is 21.4 Å². The van der Waals surface area contributed by atoms with Gasteiger partial charge in [0.05, 0.1) is 25.2 Å². The molecule has 0 bridgehead atoms. The number of carbonyl (C=O) groups excluding carboxylic acids is 1. The van der Waals surface area contributed by atoms with Crippen LogP contribution in [0.5, 0.6) is 17.2 Å². The van der Waals surface area contributed by atoms with Gasteiger partial charge in [-0.2, -0.15) is 4.72 Å². The fourth-order valence-electron chi connectivity index (χ4n) is 2.87. The second kappa shape index (κ2) is 10.8. The predicted octanol–water partition coefficient (Wildman–Crippen LogP) is 2.98. The van der Waals surface area contributed by atoms with Crippen molar-refractivity contribution in [2.75, 3.05) is 19.5 Å². The van der Waals surface area contributed by atoms with Gasteiger partial charge in [0.15, 0.2) is 11.5 Å². The number of carbonyl (C=O) groups is 1. The summed E-state index contributed by atoms with van der Waals surface area (Å²) in [7, 11) is -0.894. The molecule has 33 heavy (non-hydrogen) atoms. The molecule has 0 radical (unpaired) electrons. The molecule has 0 saturated heterocycles. The molecular formula is C23H25N3O6S. The van der Waals surface area contributed by atoms with E-state index in [1.807, 2.05) is 6.07 Å². The fraction of sp³-hybridized carbons (Fsp3) is 0.217. The van der Waals surface area contributed by atoms with Crippen molar-refractivity contribution in [2.45, 2.75) is 24.5 Å². The summed E-state index contributed by atoms with van der Waals surface area (Å²) in [5.41, 5.74) is 1.30. The number of ether oxygens (including phenoxy) is 3. The van der Waals surface area contributed by atoms with Crippen LogP contribution < -0.4 is 24.2 Å². The van der Waals surface area contributed by atoms with Crippen molar-refractivity contribution in [3.8, 4) is 17.2 Å². The summed E-state index contributed by atoms with van der Waals surface area (Å²) >= 11 is 0. The Morgan fingerprint density at radius 1 is 1.03 bits per heavy atom. The van der Waals surface area contributed by atoms with Crippen molar-refractivity contribution in [1.29, 1.82) is 0 Å². The number of aromatic nitrogens is 1. The summed E-state index contributed by atoms with van der Waals surface area (Å²) < 4.78 is 43.7. The van der Waals surface area contributed by atoms with Gasteiger partial charge in [0, 0.05) is 29.7 Å². The molecule has 0 spiro atoms. The van der Waals surface area contributed by atoms with Gasteiger partial charge in [0.1, 0.15) is 12.4 Å². The van der Waals surface area contributed by atoms with Crippen molar-refractivity contribution in [3.63, 3.8) is 0 Å². The minimum absolute atomic E-state index is 0.0264. The number of nitrogens with zero attached hydrogens (tertiary/aromatic N) is 1. The van der Waals surface area contributed by atoms with Gasteiger partial charge in [-0.3, -0.25) is 9.78 Å². The number of anilines is 1. The molecule has 3 aromatic rings. The van der Waals surface area contributed by atoms with Crippen molar-refractivity contribution in [1.82, 2.24) is 9.71 Å². The highest BCUT2D eigenvalue weighted by Crippen LogP contribution is 2.31. The van der Waals surface area contributed by atoms with Crippen LogP contribution in [0.15, 0.2) is 71.9 Å². The molecule has 174 valence electrons. The third-order valence-electron chi connectivity index (χ3n) is 4.64. The van der Waals surface area contributed by atoms with E-state index in [1.54, 1.807) is 36.7 Å². The molecule has 1 heterocycles. The molecule has 1 atom stereocenters. The molecule has 1 aromatic heterocycles. The number of hydrogen-bond donors (Lipinski definition) is 2. The molecule has 3 rings (SSSR count). The summed E-state index contributed by atoms with van der Waals surface area (Å²) in [5, 5.41) is 2.69. The van der Waals surface area contributed by atoms with Crippen molar-refractivity contribution >= 4 is 21.6 Å². The summed E-state index contributed by atoms with van der Waals surface area (Å²) in [6.45, 7) is 1.72. The lowest BCUT2D eigenvalue weighted by molar-refractivity contribution is -0.117. The molecule has 2 N–H and O–H groups in total. The first kappa shape index (κ1) is 24.0. The molecule has 0 unspecified atom stereocenters. The molecule has 0 saturated carbocycles. The SMILES string of the molecule is COc1ccc(S(=O)(=O)N[C@@H](C)C(=O)Nc2ccc(OC)c(OCc3cccnc3)c2)cc1. The van der Waals surface area contributed by atoms with Crippen LogP contribution in [0.2, 0.25) is 0 Å². The first-order valence-corrected chi connectivity index (χ1v) is 11.5. The Morgan fingerprint density at radius 3 is 2.42 bits per heavy atom. The van der Waals surface area contributed by atoms with E-state index in [2.05, 4.69) is 15.0 Å². The molecule has 1 amide bonds. The van der Waals surface area contributed by atoms with E-state index in [4.69, 9.17) is 14.2 Å². The van der Waals surface area contributed by atoms with Crippen LogP contribution in [0.1, 0.15) is 12.5 Å². The van der Waals surface area contributed by atoms with E-state index in [0.29, 0.717) is 22.9 Å². The zero-order valence-electron chi connectivity index (χ0n) is 18.4. The molecule has 0 aliphatic carbocycles. The zero-order chi connectivity index (χ0) is 23.8. The normalized spacial score (nSPS) is 12.0. The van der Waals surface area contributed by atoms with Crippen LogP contribution in [0.3, 0.4) is 0 Å². The molecule has 0 fully saturated rings. The molecular weight excluding hydrogens is 446 g/mol.